The van der Waals surface area contributed by atoms with Crippen molar-refractivity contribution in [3.05, 3.63) is 74.1 Å². The van der Waals surface area contributed by atoms with Crippen LogP contribution in [0.15, 0.2) is 69.9 Å². The number of ketones is 2. The molecule has 7 nitrogen and oxygen atoms in total. The number of hydrogen-bond donors (Lipinski definition) is 0. The van der Waals surface area contributed by atoms with Crippen LogP contribution in [0.3, 0.4) is 0 Å². The van der Waals surface area contributed by atoms with Crippen molar-refractivity contribution in [1.82, 2.24) is 4.90 Å². The van der Waals surface area contributed by atoms with E-state index in [0.29, 0.717) is 27.6 Å². The quantitative estimate of drug-likeness (QED) is 0.206. The van der Waals surface area contributed by atoms with Gasteiger partial charge in [-0.25, -0.2) is 0 Å². The van der Waals surface area contributed by atoms with Gasteiger partial charge in [0.2, 0.25) is 0 Å². The molecule has 230 valence electrons. The summed E-state index contributed by atoms with van der Waals surface area (Å²) in [5.41, 5.74) is 3.72. The third-order valence-electron chi connectivity index (χ3n) is 8.36. The summed E-state index contributed by atoms with van der Waals surface area (Å²) in [5, 5.41) is 0. The Labute approximate surface area is 269 Å². The lowest BCUT2D eigenvalue weighted by Gasteiger charge is -2.49. The fourth-order valence-electron chi connectivity index (χ4n) is 6.72. The highest BCUT2D eigenvalue weighted by atomic mass is 127. The van der Waals surface area contributed by atoms with Gasteiger partial charge >= 0.3 is 10.1 Å². The molecule has 3 aliphatic rings. The van der Waals surface area contributed by atoms with Crippen molar-refractivity contribution in [2.75, 3.05) is 13.2 Å². The fraction of sp³-hybridized carbons (Fsp3) is 0.471. The third-order valence-corrected chi connectivity index (χ3v) is 10.4. The van der Waals surface area contributed by atoms with Gasteiger partial charge < -0.3 is 13.8 Å². The molecule has 2 aliphatic carbocycles. The SMILES string of the molecule is CCCN1C2=C(C(=O)CC(C)(C)C2)C(c2cc(I)c(OS(=O)(=O)c3ccccc3)c(OCC)c2)C2=C1CC(C)(C)CC2=O. The van der Waals surface area contributed by atoms with E-state index in [2.05, 4.69) is 62.1 Å². The summed E-state index contributed by atoms with van der Waals surface area (Å²) in [6.07, 6.45) is 3.16. The number of nitrogens with zero attached hydrogens (tertiary/aromatic N) is 1. The molecule has 2 aromatic rings. The van der Waals surface area contributed by atoms with Crippen molar-refractivity contribution in [3.63, 3.8) is 0 Å². The summed E-state index contributed by atoms with van der Waals surface area (Å²) in [5.74, 6) is -0.0914. The molecule has 0 N–H and O–H groups in total. The summed E-state index contributed by atoms with van der Waals surface area (Å²) in [6.45, 7) is 13.5. The first kappa shape index (κ1) is 31.8. The number of hydrogen-bond acceptors (Lipinski definition) is 7. The number of benzene rings is 2. The number of carbonyl (C=O) groups is 2. The van der Waals surface area contributed by atoms with E-state index in [0.717, 1.165) is 42.8 Å². The Kier molecular flexibility index (Phi) is 8.63. The standard InChI is InChI=1S/C34H40INO6S/c1-7-14-36-24-17-33(3,4)19-26(37)30(24)29(31-25(36)18-34(5,6)20-27(31)38)21-15-23(35)32(28(16-21)41-8-2)42-43(39,40)22-12-10-9-11-13-22/h9-13,15-16,29H,7-8,14,17-20H2,1-6H3. The van der Waals surface area contributed by atoms with Gasteiger partial charge in [0, 0.05) is 47.8 Å². The van der Waals surface area contributed by atoms with E-state index in [-0.39, 0.29) is 45.4 Å². The van der Waals surface area contributed by atoms with Crippen molar-refractivity contribution in [1.29, 1.82) is 0 Å². The van der Waals surface area contributed by atoms with Gasteiger partial charge in [-0.3, -0.25) is 9.59 Å². The lowest BCUT2D eigenvalue weighted by atomic mass is 9.63. The number of halogens is 1. The molecule has 0 unspecified atom stereocenters. The van der Waals surface area contributed by atoms with E-state index in [1.54, 1.807) is 24.3 Å². The highest BCUT2D eigenvalue weighted by Gasteiger charge is 2.49. The molecule has 0 radical (unpaired) electrons. The van der Waals surface area contributed by atoms with Gasteiger partial charge in [-0.1, -0.05) is 52.8 Å². The average molecular weight is 718 g/mol. The molecule has 0 saturated heterocycles. The molecule has 1 aliphatic heterocycles. The molecule has 1 heterocycles. The van der Waals surface area contributed by atoms with Crippen LogP contribution < -0.4 is 8.92 Å². The Morgan fingerprint density at radius 2 is 1.44 bits per heavy atom. The van der Waals surface area contributed by atoms with Crippen LogP contribution in [0.1, 0.15) is 85.1 Å². The largest absolute Gasteiger partial charge is 0.490 e. The van der Waals surface area contributed by atoms with E-state index in [1.165, 1.54) is 12.1 Å². The van der Waals surface area contributed by atoms with Gasteiger partial charge in [0.25, 0.3) is 0 Å². The number of carbonyl (C=O) groups excluding carboxylic acids is 2. The molecule has 0 spiro atoms. The van der Waals surface area contributed by atoms with Crippen molar-refractivity contribution < 1.29 is 26.9 Å². The highest BCUT2D eigenvalue weighted by Crippen LogP contribution is 2.55. The van der Waals surface area contributed by atoms with Crippen molar-refractivity contribution in [2.45, 2.75) is 84.5 Å². The van der Waals surface area contributed by atoms with Gasteiger partial charge in [0.15, 0.2) is 23.1 Å². The highest BCUT2D eigenvalue weighted by molar-refractivity contribution is 14.1. The minimum absolute atomic E-state index is 0.0380. The van der Waals surface area contributed by atoms with E-state index in [9.17, 15) is 18.0 Å². The van der Waals surface area contributed by atoms with Gasteiger partial charge in [-0.2, -0.15) is 8.42 Å². The Morgan fingerprint density at radius 3 is 1.95 bits per heavy atom. The Morgan fingerprint density at radius 1 is 0.884 bits per heavy atom. The van der Waals surface area contributed by atoms with Crippen LogP contribution in [0, 0.1) is 14.4 Å². The van der Waals surface area contributed by atoms with Gasteiger partial charge in [-0.05, 0) is 89.4 Å². The Hall–Kier alpha value is -2.66. The second kappa shape index (κ2) is 11.7. The zero-order chi connectivity index (χ0) is 31.3. The zero-order valence-corrected chi connectivity index (χ0v) is 28.7. The van der Waals surface area contributed by atoms with Crippen LogP contribution in [-0.2, 0) is 19.7 Å². The molecule has 0 aromatic heterocycles. The van der Waals surface area contributed by atoms with E-state index in [4.69, 9.17) is 8.92 Å². The molecule has 0 atom stereocenters. The minimum Gasteiger partial charge on any atom is -0.490 e. The molecular formula is C34H40INO6S. The summed E-state index contributed by atoms with van der Waals surface area (Å²) >= 11 is 2.06. The predicted octanol–water partition coefficient (Wildman–Crippen LogP) is 7.55. The Balaban J connectivity index is 1.72. The number of rotatable bonds is 8. The summed E-state index contributed by atoms with van der Waals surface area (Å²) in [7, 11) is -4.13. The summed E-state index contributed by atoms with van der Waals surface area (Å²) in [4.78, 5) is 30.4. The monoisotopic (exact) mass is 717 g/mol. The first-order valence-electron chi connectivity index (χ1n) is 14.9. The van der Waals surface area contributed by atoms with Crippen LogP contribution in [0.4, 0.5) is 0 Å². The summed E-state index contributed by atoms with van der Waals surface area (Å²) in [6, 6.07) is 11.6. The molecule has 0 fully saturated rings. The van der Waals surface area contributed by atoms with Crippen LogP contribution in [0.2, 0.25) is 0 Å². The topological polar surface area (TPSA) is 90.0 Å². The lowest BCUT2D eigenvalue weighted by Crippen LogP contribution is -2.44. The smallest absolute Gasteiger partial charge is 0.339 e. The maximum Gasteiger partial charge on any atom is 0.339 e. The van der Waals surface area contributed by atoms with E-state index < -0.39 is 16.0 Å². The normalized spacial score (nSPS) is 20.2. The zero-order valence-electron chi connectivity index (χ0n) is 25.8. The number of ether oxygens (including phenoxy) is 1. The molecular weight excluding hydrogens is 677 g/mol. The maximum atomic E-state index is 14.0. The number of allylic oxidation sites excluding steroid dienone is 4. The minimum atomic E-state index is -4.13. The first-order chi connectivity index (χ1) is 20.2. The second-order valence-corrected chi connectivity index (χ2v) is 16.0. The molecule has 2 aromatic carbocycles. The second-order valence-electron chi connectivity index (χ2n) is 13.3. The first-order valence-corrected chi connectivity index (χ1v) is 17.4. The predicted molar refractivity (Wildman–Crippen MR) is 174 cm³/mol. The van der Waals surface area contributed by atoms with Crippen molar-refractivity contribution in [3.8, 4) is 11.5 Å². The molecule has 9 heteroatoms. The van der Waals surface area contributed by atoms with Gasteiger partial charge in [0.1, 0.15) is 4.90 Å². The molecule has 43 heavy (non-hydrogen) atoms. The molecule has 5 rings (SSSR count). The van der Waals surface area contributed by atoms with Gasteiger partial charge in [0.05, 0.1) is 10.2 Å². The third kappa shape index (κ3) is 6.16. The lowest BCUT2D eigenvalue weighted by molar-refractivity contribution is -0.119. The molecule has 0 bridgehead atoms. The molecule has 0 saturated carbocycles. The van der Waals surface area contributed by atoms with E-state index >= 15 is 0 Å². The van der Waals surface area contributed by atoms with Crippen molar-refractivity contribution in [2.24, 2.45) is 10.8 Å². The van der Waals surface area contributed by atoms with Crippen LogP contribution in [0.25, 0.3) is 0 Å². The van der Waals surface area contributed by atoms with Crippen LogP contribution >= 0.6 is 22.6 Å². The Bertz CT molecular complexity index is 1580. The van der Waals surface area contributed by atoms with Gasteiger partial charge in [-0.15, -0.1) is 0 Å². The average Bonchev–Trinajstić information content (AvgIpc) is 2.90. The summed E-state index contributed by atoms with van der Waals surface area (Å²) < 4.78 is 38.5. The maximum absolute atomic E-state index is 14.0. The fourth-order valence-corrected chi connectivity index (χ4v) is 8.58. The molecule has 0 amide bonds. The van der Waals surface area contributed by atoms with E-state index in [1.807, 2.05) is 13.0 Å². The van der Waals surface area contributed by atoms with Crippen LogP contribution in [-0.4, -0.2) is 38.0 Å². The number of Topliss-reactive ketones (excluding diaryl/α,β-unsaturated/α-hetero) is 2. The van der Waals surface area contributed by atoms with Crippen LogP contribution in [0.5, 0.6) is 11.5 Å². The van der Waals surface area contributed by atoms with Crippen molar-refractivity contribution >= 4 is 44.3 Å².